The molecular formula is C12H12N4O5. The lowest BCUT2D eigenvalue weighted by Crippen LogP contribution is -2.12. The zero-order valence-electron chi connectivity index (χ0n) is 11.2. The SMILES string of the molecule is Cc1cnc(C(C)Nc2nc(C(=O)O)ccc2[N+](=O)[O-])o1. The standard InChI is InChI=1S/C12H12N4O5/c1-6-5-13-11(21-6)7(2)14-10-9(16(19)20)4-3-8(15-10)12(17)18/h3-5,7H,1-2H3,(H,14,15)(H,17,18). The summed E-state index contributed by atoms with van der Waals surface area (Å²) in [6.07, 6.45) is 1.52. The zero-order chi connectivity index (χ0) is 15.6. The van der Waals surface area contributed by atoms with Gasteiger partial charge >= 0.3 is 11.7 Å². The maximum absolute atomic E-state index is 11.0. The fourth-order valence-electron chi connectivity index (χ4n) is 1.66. The fourth-order valence-corrected chi connectivity index (χ4v) is 1.66. The van der Waals surface area contributed by atoms with E-state index in [0.29, 0.717) is 11.7 Å². The number of pyridine rings is 1. The van der Waals surface area contributed by atoms with Gasteiger partial charge in [-0.1, -0.05) is 0 Å². The van der Waals surface area contributed by atoms with E-state index in [1.54, 1.807) is 13.8 Å². The number of aromatic carboxylic acids is 1. The minimum atomic E-state index is -1.27. The van der Waals surface area contributed by atoms with Crippen LogP contribution in [0.15, 0.2) is 22.7 Å². The first kappa shape index (κ1) is 14.4. The molecule has 0 aliphatic heterocycles. The molecule has 1 unspecified atom stereocenters. The molecule has 0 saturated carbocycles. The molecule has 21 heavy (non-hydrogen) atoms. The number of anilines is 1. The van der Waals surface area contributed by atoms with Crippen LogP contribution in [0.25, 0.3) is 0 Å². The Bertz CT molecular complexity index is 697. The van der Waals surface area contributed by atoms with Gasteiger partial charge in [0.25, 0.3) is 0 Å². The summed E-state index contributed by atoms with van der Waals surface area (Å²) in [5.74, 6) is -0.499. The number of carboxylic acid groups (broad SMARTS) is 1. The van der Waals surface area contributed by atoms with Gasteiger partial charge in [-0.25, -0.2) is 14.8 Å². The molecule has 0 spiro atoms. The van der Waals surface area contributed by atoms with Crippen molar-refractivity contribution in [2.45, 2.75) is 19.9 Å². The van der Waals surface area contributed by atoms with Crippen molar-refractivity contribution >= 4 is 17.5 Å². The van der Waals surface area contributed by atoms with Crippen LogP contribution in [-0.4, -0.2) is 26.0 Å². The van der Waals surface area contributed by atoms with Gasteiger partial charge in [0.15, 0.2) is 5.69 Å². The number of hydrogen-bond acceptors (Lipinski definition) is 7. The lowest BCUT2D eigenvalue weighted by atomic mass is 10.3. The number of nitro groups is 1. The minimum Gasteiger partial charge on any atom is -0.477 e. The quantitative estimate of drug-likeness (QED) is 0.633. The van der Waals surface area contributed by atoms with Crippen LogP contribution in [0.4, 0.5) is 11.5 Å². The molecule has 0 aromatic carbocycles. The first-order valence-electron chi connectivity index (χ1n) is 5.96. The van der Waals surface area contributed by atoms with Gasteiger partial charge in [-0.15, -0.1) is 0 Å². The van der Waals surface area contributed by atoms with Crippen LogP contribution in [0.1, 0.15) is 35.1 Å². The van der Waals surface area contributed by atoms with Crippen LogP contribution in [0.3, 0.4) is 0 Å². The van der Waals surface area contributed by atoms with Gasteiger partial charge in [-0.2, -0.15) is 0 Å². The predicted molar refractivity (Wildman–Crippen MR) is 71.1 cm³/mol. The van der Waals surface area contributed by atoms with E-state index in [0.717, 1.165) is 12.1 Å². The smallest absolute Gasteiger partial charge is 0.354 e. The van der Waals surface area contributed by atoms with Crippen molar-refractivity contribution in [1.82, 2.24) is 9.97 Å². The van der Waals surface area contributed by atoms with E-state index < -0.39 is 16.9 Å². The molecule has 1 atom stereocenters. The number of hydrogen-bond donors (Lipinski definition) is 2. The topological polar surface area (TPSA) is 131 Å². The van der Waals surface area contributed by atoms with Gasteiger partial charge in [0.2, 0.25) is 11.7 Å². The monoisotopic (exact) mass is 292 g/mol. The summed E-state index contributed by atoms with van der Waals surface area (Å²) < 4.78 is 5.31. The number of carboxylic acids is 1. The molecular weight excluding hydrogens is 280 g/mol. The van der Waals surface area contributed by atoms with E-state index in [9.17, 15) is 14.9 Å². The molecule has 0 radical (unpaired) electrons. The average molecular weight is 292 g/mol. The molecule has 0 bridgehead atoms. The number of nitrogens with zero attached hydrogens (tertiary/aromatic N) is 3. The fraction of sp³-hybridized carbons (Fsp3) is 0.250. The van der Waals surface area contributed by atoms with Crippen molar-refractivity contribution in [3.63, 3.8) is 0 Å². The molecule has 2 N–H and O–H groups in total. The molecule has 0 aliphatic rings. The van der Waals surface area contributed by atoms with E-state index in [1.165, 1.54) is 6.20 Å². The van der Waals surface area contributed by atoms with Gasteiger partial charge in [-0.05, 0) is 19.9 Å². The number of aromatic nitrogens is 2. The molecule has 0 aliphatic carbocycles. The maximum atomic E-state index is 11.0. The van der Waals surface area contributed by atoms with Crippen LogP contribution >= 0.6 is 0 Å². The number of aryl methyl sites for hydroxylation is 1. The molecule has 2 heterocycles. The Morgan fingerprint density at radius 2 is 2.24 bits per heavy atom. The Morgan fingerprint density at radius 1 is 1.52 bits per heavy atom. The van der Waals surface area contributed by atoms with Crippen molar-refractivity contribution in [3.8, 4) is 0 Å². The van der Waals surface area contributed by atoms with Crippen molar-refractivity contribution in [1.29, 1.82) is 0 Å². The van der Waals surface area contributed by atoms with Crippen LogP contribution < -0.4 is 5.32 Å². The summed E-state index contributed by atoms with van der Waals surface area (Å²) >= 11 is 0. The Morgan fingerprint density at radius 3 is 2.76 bits per heavy atom. The molecule has 9 nitrogen and oxygen atoms in total. The highest BCUT2D eigenvalue weighted by Crippen LogP contribution is 2.26. The summed E-state index contributed by atoms with van der Waals surface area (Å²) in [6, 6.07) is 1.66. The molecule has 2 aromatic rings. The highest BCUT2D eigenvalue weighted by atomic mass is 16.6. The minimum absolute atomic E-state index is 0.150. The second kappa shape index (κ2) is 5.57. The van der Waals surface area contributed by atoms with Crippen LogP contribution in [-0.2, 0) is 0 Å². The second-order valence-electron chi connectivity index (χ2n) is 4.30. The Balaban J connectivity index is 2.34. The molecule has 0 amide bonds. The molecule has 0 fully saturated rings. The first-order chi connectivity index (χ1) is 9.88. The molecule has 9 heteroatoms. The average Bonchev–Trinajstić information content (AvgIpc) is 2.85. The summed E-state index contributed by atoms with van der Waals surface area (Å²) in [4.78, 5) is 29.0. The first-order valence-corrected chi connectivity index (χ1v) is 5.96. The number of nitrogens with one attached hydrogen (secondary N) is 1. The summed E-state index contributed by atoms with van der Waals surface area (Å²) in [6.45, 7) is 3.39. The van der Waals surface area contributed by atoms with Crippen molar-refractivity contribution < 1.29 is 19.2 Å². The highest BCUT2D eigenvalue weighted by Gasteiger charge is 2.21. The second-order valence-corrected chi connectivity index (χ2v) is 4.30. The van der Waals surface area contributed by atoms with Crippen molar-refractivity contribution in [2.24, 2.45) is 0 Å². The summed E-state index contributed by atoms with van der Waals surface area (Å²) in [5, 5.41) is 22.6. The third-order valence-corrected chi connectivity index (χ3v) is 2.65. The third-order valence-electron chi connectivity index (χ3n) is 2.65. The Hall–Kier alpha value is -2.97. The highest BCUT2D eigenvalue weighted by molar-refractivity contribution is 5.86. The molecule has 0 saturated heterocycles. The van der Waals surface area contributed by atoms with E-state index in [4.69, 9.17) is 9.52 Å². The lowest BCUT2D eigenvalue weighted by Gasteiger charge is -2.11. The predicted octanol–water partition coefficient (Wildman–Crippen LogP) is 2.16. The molecule has 2 rings (SSSR count). The third kappa shape index (κ3) is 3.14. The lowest BCUT2D eigenvalue weighted by molar-refractivity contribution is -0.384. The Kier molecular flexibility index (Phi) is 3.83. The number of oxazole rings is 1. The van der Waals surface area contributed by atoms with E-state index >= 15 is 0 Å². The van der Waals surface area contributed by atoms with Crippen molar-refractivity contribution in [2.75, 3.05) is 5.32 Å². The molecule has 2 aromatic heterocycles. The molecule has 110 valence electrons. The zero-order valence-corrected chi connectivity index (χ0v) is 11.2. The largest absolute Gasteiger partial charge is 0.477 e. The van der Waals surface area contributed by atoms with Gasteiger partial charge in [0.1, 0.15) is 11.8 Å². The van der Waals surface area contributed by atoms with Gasteiger partial charge in [0.05, 0.1) is 11.1 Å². The van der Waals surface area contributed by atoms with Crippen molar-refractivity contribution in [3.05, 3.63) is 45.8 Å². The van der Waals surface area contributed by atoms with Crippen LogP contribution in [0.5, 0.6) is 0 Å². The summed E-state index contributed by atoms with van der Waals surface area (Å²) in [7, 11) is 0. The van der Waals surface area contributed by atoms with Crippen LogP contribution in [0.2, 0.25) is 0 Å². The van der Waals surface area contributed by atoms with Gasteiger partial charge in [-0.3, -0.25) is 10.1 Å². The number of rotatable bonds is 5. The normalized spacial score (nSPS) is 11.9. The van der Waals surface area contributed by atoms with E-state index in [2.05, 4.69) is 15.3 Å². The number of carbonyl (C=O) groups is 1. The maximum Gasteiger partial charge on any atom is 0.354 e. The van der Waals surface area contributed by atoms with Crippen LogP contribution in [0, 0.1) is 17.0 Å². The van der Waals surface area contributed by atoms with Gasteiger partial charge < -0.3 is 14.8 Å². The summed E-state index contributed by atoms with van der Waals surface area (Å²) in [5.41, 5.74) is -0.617. The van der Waals surface area contributed by atoms with E-state index in [1.807, 2.05) is 0 Å². The van der Waals surface area contributed by atoms with Gasteiger partial charge in [0, 0.05) is 6.07 Å². The van der Waals surface area contributed by atoms with E-state index in [-0.39, 0.29) is 17.2 Å². The Labute approximate surface area is 118 Å².